The number of rotatable bonds is 5. The van der Waals surface area contributed by atoms with Crippen LogP contribution in [0.3, 0.4) is 0 Å². The maximum absolute atomic E-state index is 6.23. The summed E-state index contributed by atoms with van der Waals surface area (Å²) in [5.41, 5.74) is 1.07. The molecule has 0 aliphatic heterocycles. The zero-order chi connectivity index (χ0) is 13.8. The Balaban J connectivity index is 2.24. The molecule has 0 aliphatic carbocycles. The van der Waals surface area contributed by atoms with Crippen molar-refractivity contribution in [1.29, 1.82) is 0 Å². The van der Waals surface area contributed by atoms with Crippen LogP contribution >= 0.6 is 34.5 Å². The summed E-state index contributed by atoms with van der Waals surface area (Å²) in [6.07, 6.45) is 0.795. The van der Waals surface area contributed by atoms with Crippen LogP contribution in [-0.4, -0.2) is 14.2 Å². The topological polar surface area (TPSA) is 21.3 Å². The summed E-state index contributed by atoms with van der Waals surface area (Å²) in [6.45, 7) is 0. The molecule has 19 heavy (non-hydrogen) atoms. The average molecular weight is 316 g/mol. The van der Waals surface area contributed by atoms with Gasteiger partial charge in [-0.1, -0.05) is 29.3 Å². The first-order valence-electron chi connectivity index (χ1n) is 5.88. The molecule has 1 atom stereocenters. The second-order valence-electron chi connectivity index (χ2n) is 4.13. The number of likely N-dealkylation sites (N-methyl/N-ethyl adjacent to an activating group) is 1. The van der Waals surface area contributed by atoms with Gasteiger partial charge in [-0.3, -0.25) is 0 Å². The summed E-state index contributed by atoms with van der Waals surface area (Å²) in [4.78, 5) is 1.18. The van der Waals surface area contributed by atoms with Crippen LogP contribution in [0.2, 0.25) is 10.0 Å². The molecule has 0 aliphatic rings. The van der Waals surface area contributed by atoms with Gasteiger partial charge in [0.1, 0.15) is 5.75 Å². The fraction of sp³-hybridized carbons (Fsp3) is 0.286. The van der Waals surface area contributed by atoms with Gasteiger partial charge < -0.3 is 10.1 Å². The molecular weight excluding hydrogens is 301 g/mol. The lowest BCUT2D eigenvalue weighted by atomic mass is 10.0. The van der Waals surface area contributed by atoms with Crippen molar-refractivity contribution in [3.05, 3.63) is 50.1 Å². The maximum Gasteiger partial charge on any atom is 0.134 e. The highest BCUT2D eigenvalue weighted by Gasteiger charge is 2.17. The molecule has 1 N–H and O–H groups in total. The minimum atomic E-state index is 0.175. The van der Waals surface area contributed by atoms with E-state index in [1.54, 1.807) is 24.5 Å². The monoisotopic (exact) mass is 315 g/mol. The Bertz CT molecular complexity index is 556. The quantitative estimate of drug-likeness (QED) is 0.872. The lowest BCUT2D eigenvalue weighted by Crippen LogP contribution is -2.18. The summed E-state index contributed by atoms with van der Waals surface area (Å²) in [6, 6.07) is 7.76. The van der Waals surface area contributed by atoms with Crippen molar-refractivity contribution in [3.8, 4) is 5.75 Å². The summed E-state index contributed by atoms with van der Waals surface area (Å²) in [5, 5.41) is 6.69. The van der Waals surface area contributed by atoms with Crippen LogP contribution in [0.25, 0.3) is 0 Å². The third-order valence-corrected chi connectivity index (χ3v) is 4.58. The summed E-state index contributed by atoms with van der Waals surface area (Å²) in [5.74, 6) is 0.912. The first kappa shape index (κ1) is 14.7. The van der Waals surface area contributed by atoms with E-state index in [9.17, 15) is 0 Å². The van der Waals surface area contributed by atoms with Gasteiger partial charge in [0.15, 0.2) is 0 Å². The predicted octanol–water partition coefficient (Wildman–Crippen LogP) is 4.57. The van der Waals surface area contributed by atoms with Crippen LogP contribution in [-0.2, 0) is 6.42 Å². The molecule has 0 spiro atoms. The number of nitrogens with one attached hydrogen (secondary N) is 1. The van der Waals surface area contributed by atoms with E-state index in [0.29, 0.717) is 10.0 Å². The van der Waals surface area contributed by atoms with Gasteiger partial charge in [-0.15, -0.1) is 11.3 Å². The highest BCUT2D eigenvalue weighted by atomic mass is 35.5. The molecule has 2 aromatic rings. The van der Waals surface area contributed by atoms with E-state index >= 15 is 0 Å². The Morgan fingerprint density at radius 3 is 2.74 bits per heavy atom. The number of ether oxygens (including phenoxy) is 1. The van der Waals surface area contributed by atoms with Crippen LogP contribution in [0.1, 0.15) is 16.5 Å². The van der Waals surface area contributed by atoms with Crippen molar-refractivity contribution in [2.45, 2.75) is 12.5 Å². The second-order valence-corrected chi connectivity index (χ2v) is 5.93. The summed E-state index contributed by atoms with van der Waals surface area (Å²) in [7, 11) is 3.63. The van der Waals surface area contributed by atoms with Crippen molar-refractivity contribution in [2.75, 3.05) is 14.2 Å². The number of hydrogen-bond acceptors (Lipinski definition) is 3. The van der Waals surface area contributed by atoms with Crippen LogP contribution in [0, 0.1) is 0 Å². The molecule has 0 fully saturated rings. The van der Waals surface area contributed by atoms with Crippen molar-refractivity contribution < 1.29 is 4.74 Å². The zero-order valence-corrected chi connectivity index (χ0v) is 13.1. The number of methoxy groups -OCH3 is 1. The third-order valence-electron chi connectivity index (χ3n) is 2.98. The molecule has 0 saturated carbocycles. The number of thiophene rings is 1. The van der Waals surface area contributed by atoms with Crippen molar-refractivity contribution in [3.63, 3.8) is 0 Å². The van der Waals surface area contributed by atoms with Gasteiger partial charge in [-0.2, -0.15) is 0 Å². The first-order valence-corrected chi connectivity index (χ1v) is 7.51. The molecule has 1 heterocycles. The predicted molar refractivity (Wildman–Crippen MR) is 82.8 cm³/mol. The molecule has 5 heteroatoms. The molecule has 1 aromatic heterocycles. The van der Waals surface area contributed by atoms with Crippen molar-refractivity contribution in [1.82, 2.24) is 5.32 Å². The molecule has 102 valence electrons. The summed E-state index contributed by atoms with van der Waals surface area (Å²) < 4.78 is 5.37. The van der Waals surface area contributed by atoms with Crippen LogP contribution in [0.15, 0.2) is 29.6 Å². The zero-order valence-electron chi connectivity index (χ0n) is 10.7. The normalized spacial score (nSPS) is 12.4. The van der Waals surface area contributed by atoms with E-state index in [4.69, 9.17) is 27.9 Å². The summed E-state index contributed by atoms with van der Waals surface area (Å²) >= 11 is 13.8. The van der Waals surface area contributed by atoms with Crippen LogP contribution in [0.5, 0.6) is 5.75 Å². The van der Waals surface area contributed by atoms with Gasteiger partial charge in [0.2, 0.25) is 0 Å². The lowest BCUT2D eigenvalue weighted by Gasteiger charge is -2.17. The fourth-order valence-corrected chi connectivity index (χ4v) is 3.42. The molecule has 0 saturated heterocycles. The Morgan fingerprint density at radius 1 is 1.32 bits per heavy atom. The standard InChI is InChI=1S/C14H15Cl2NOS/c1-17-12(14-13(18-2)5-6-19-14)7-9-3-4-10(15)8-11(9)16/h3-6,8,12,17H,7H2,1-2H3. The van der Waals surface area contributed by atoms with Crippen LogP contribution in [0.4, 0.5) is 0 Å². The van der Waals surface area contributed by atoms with E-state index in [0.717, 1.165) is 17.7 Å². The minimum Gasteiger partial charge on any atom is -0.496 e. The number of hydrogen-bond donors (Lipinski definition) is 1. The Morgan fingerprint density at radius 2 is 2.11 bits per heavy atom. The molecule has 0 radical (unpaired) electrons. The highest BCUT2D eigenvalue weighted by Crippen LogP contribution is 2.34. The molecule has 2 rings (SSSR count). The van der Waals surface area contributed by atoms with E-state index in [1.807, 2.05) is 30.6 Å². The minimum absolute atomic E-state index is 0.175. The van der Waals surface area contributed by atoms with E-state index < -0.39 is 0 Å². The number of benzene rings is 1. The number of halogens is 2. The molecule has 0 amide bonds. The van der Waals surface area contributed by atoms with E-state index in [-0.39, 0.29) is 6.04 Å². The molecule has 0 bridgehead atoms. The van der Waals surface area contributed by atoms with Crippen molar-refractivity contribution in [2.24, 2.45) is 0 Å². The third kappa shape index (κ3) is 3.42. The van der Waals surface area contributed by atoms with Gasteiger partial charge in [0.05, 0.1) is 12.0 Å². The lowest BCUT2D eigenvalue weighted by molar-refractivity contribution is 0.405. The van der Waals surface area contributed by atoms with E-state index in [2.05, 4.69) is 5.32 Å². The fourth-order valence-electron chi connectivity index (χ4n) is 1.96. The molecule has 1 unspecified atom stereocenters. The van der Waals surface area contributed by atoms with Gasteiger partial charge >= 0.3 is 0 Å². The molecular formula is C14H15Cl2NOS. The second kappa shape index (κ2) is 6.62. The Hall–Kier alpha value is -0.740. The first-order chi connectivity index (χ1) is 9.15. The van der Waals surface area contributed by atoms with Crippen molar-refractivity contribution >= 4 is 34.5 Å². The van der Waals surface area contributed by atoms with Gasteiger partial charge in [0.25, 0.3) is 0 Å². The average Bonchev–Trinajstić information content (AvgIpc) is 2.86. The van der Waals surface area contributed by atoms with Gasteiger partial charge in [-0.25, -0.2) is 0 Å². The SMILES string of the molecule is CNC(Cc1ccc(Cl)cc1Cl)c1sccc1OC. The van der Waals surface area contributed by atoms with E-state index in [1.165, 1.54) is 4.88 Å². The Labute approximate surface area is 127 Å². The Kier molecular flexibility index (Phi) is 5.11. The van der Waals surface area contributed by atoms with Gasteiger partial charge in [0, 0.05) is 16.1 Å². The molecule has 1 aromatic carbocycles. The van der Waals surface area contributed by atoms with Crippen LogP contribution < -0.4 is 10.1 Å². The smallest absolute Gasteiger partial charge is 0.134 e. The largest absolute Gasteiger partial charge is 0.496 e. The maximum atomic E-state index is 6.23. The highest BCUT2D eigenvalue weighted by molar-refractivity contribution is 7.10. The molecule has 2 nitrogen and oxygen atoms in total. The van der Waals surface area contributed by atoms with Gasteiger partial charge in [-0.05, 0) is 42.6 Å².